The second-order valence-corrected chi connectivity index (χ2v) is 5.46. The summed E-state index contributed by atoms with van der Waals surface area (Å²) in [5.41, 5.74) is 3.95. The summed E-state index contributed by atoms with van der Waals surface area (Å²) in [5.74, 6) is 2.23. The van der Waals surface area contributed by atoms with Gasteiger partial charge in [-0.2, -0.15) is 5.10 Å². The third kappa shape index (κ3) is 2.28. The van der Waals surface area contributed by atoms with Gasteiger partial charge in [0.05, 0.1) is 5.69 Å². The molecule has 1 N–H and O–H groups in total. The van der Waals surface area contributed by atoms with Gasteiger partial charge in [0.1, 0.15) is 11.6 Å². The van der Waals surface area contributed by atoms with Gasteiger partial charge in [0.2, 0.25) is 0 Å². The quantitative estimate of drug-likeness (QED) is 0.897. The molecule has 0 amide bonds. The smallest absolute Gasteiger partial charge is 0.148 e. The SMILES string of the molecule is Cc1nc(C(C)C)n(-c2ccc3c(c2)CNCC3)n1. The maximum absolute atomic E-state index is 4.54. The molecule has 0 saturated heterocycles. The minimum atomic E-state index is 0.371. The summed E-state index contributed by atoms with van der Waals surface area (Å²) in [6, 6.07) is 6.62. The monoisotopic (exact) mass is 256 g/mol. The van der Waals surface area contributed by atoms with Gasteiger partial charge in [-0.25, -0.2) is 9.67 Å². The fraction of sp³-hybridized carbons (Fsp3) is 0.467. The molecule has 1 aromatic carbocycles. The number of nitrogens with one attached hydrogen (secondary N) is 1. The third-order valence-corrected chi connectivity index (χ3v) is 3.58. The first-order valence-electron chi connectivity index (χ1n) is 6.91. The molecular weight excluding hydrogens is 236 g/mol. The fourth-order valence-corrected chi connectivity index (χ4v) is 2.59. The number of benzene rings is 1. The predicted octanol–water partition coefficient (Wildman–Crippen LogP) is 2.34. The van der Waals surface area contributed by atoms with Crippen LogP contribution in [0, 0.1) is 6.92 Å². The van der Waals surface area contributed by atoms with Crippen molar-refractivity contribution in [3.05, 3.63) is 41.0 Å². The lowest BCUT2D eigenvalue weighted by molar-refractivity contribution is 0.641. The summed E-state index contributed by atoms with van der Waals surface area (Å²) in [5, 5.41) is 7.95. The average molecular weight is 256 g/mol. The first kappa shape index (κ1) is 12.4. The first-order valence-corrected chi connectivity index (χ1v) is 6.91. The minimum Gasteiger partial charge on any atom is -0.312 e. The van der Waals surface area contributed by atoms with Crippen molar-refractivity contribution >= 4 is 0 Å². The Morgan fingerprint density at radius 3 is 2.89 bits per heavy atom. The average Bonchev–Trinajstić information content (AvgIpc) is 2.80. The summed E-state index contributed by atoms with van der Waals surface area (Å²) < 4.78 is 1.98. The molecule has 19 heavy (non-hydrogen) atoms. The zero-order valence-corrected chi connectivity index (χ0v) is 11.8. The molecule has 4 heteroatoms. The predicted molar refractivity (Wildman–Crippen MR) is 75.6 cm³/mol. The highest BCUT2D eigenvalue weighted by Gasteiger charge is 2.15. The van der Waals surface area contributed by atoms with E-state index in [2.05, 4.69) is 47.4 Å². The van der Waals surface area contributed by atoms with Crippen LogP contribution in [0.4, 0.5) is 0 Å². The second kappa shape index (κ2) is 4.78. The molecule has 1 aliphatic heterocycles. The van der Waals surface area contributed by atoms with Crippen LogP contribution in [0.5, 0.6) is 0 Å². The van der Waals surface area contributed by atoms with Crippen molar-refractivity contribution in [2.45, 2.75) is 39.7 Å². The molecule has 0 bridgehead atoms. The number of fused-ring (bicyclic) bond motifs is 1. The van der Waals surface area contributed by atoms with Crippen molar-refractivity contribution in [3.63, 3.8) is 0 Å². The Balaban J connectivity index is 2.07. The molecule has 2 aromatic rings. The topological polar surface area (TPSA) is 42.7 Å². The molecule has 1 aliphatic rings. The normalized spacial score (nSPS) is 14.7. The van der Waals surface area contributed by atoms with E-state index >= 15 is 0 Å². The van der Waals surface area contributed by atoms with E-state index in [1.807, 2.05) is 11.6 Å². The lowest BCUT2D eigenvalue weighted by atomic mass is 10.0. The van der Waals surface area contributed by atoms with Gasteiger partial charge in [0, 0.05) is 12.5 Å². The molecule has 3 rings (SSSR count). The van der Waals surface area contributed by atoms with Crippen LogP contribution < -0.4 is 5.32 Å². The molecule has 0 saturated carbocycles. The summed E-state index contributed by atoms with van der Waals surface area (Å²) in [7, 11) is 0. The molecule has 1 aromatic heterocycles. The first-order chi connectivity index (χ1) is 9.15. The van der Waals surface area contributed by atoms with Crippen LogP contribution >= 0.6 is 0 Å². The van der Waals surface area contributed by atoms with Crippen molar-refractivity contribution in [3.8, 4) is 5.69 Å². The zero-order chi connectivity index (χ0) is 13.4. The Kier molecular flexibility index (Phi) is 3.11. The fourth-order valence-electron chi connectivity index (χ4n) is 2.59. The van der Waals surface area contributed by atoms with Gasteiger partial charge in [0.25, 0.3) is 0 Å². The van der Waals surface area contributed by atoms with Crippen LogP contribution in [0.3, 0.4) is 0 Å². The maximum Gasteiger partial charge on any atom is 0.148 e. The highest BCUT2D eigenvalue weighted by molar-refractivity contribution is 5.42. The Labute approximate surface area is 113 Å². The van der Waals surface area contributed by atoms with Crippen molar-refractivity contribution in [2.75, 3.05) is 6.54 Å². The van der Waals surface area contributed by atoms with Crippen molar-refractivity contribution in [1.82, 2.24) is 20.1 Å². The van der Waals surface area contributed by atoms with E-state index in [4.69, 9.17) is 0 Å². The third-order valence-electron chi connectivity index (χ3n) is 3.58. The van der Waals surface area contributed by atoms with Crippen LogP contribution in [0.15, 0.2) is 18.2 Å². The number of hydrogen-bond donors (Lipinski definition) is 1. The van der Waals surface area contributed by atoms with Gasteiger partial charge in [-0.05, 0) is 43.1 Å². The van der Waals surface area contributed by atoms with Crippen molar-refractivity contribution < 1.29 is 0 Å². The summed E-state index contributed by atoms with van der Waals surface area (Å²) in [4.78, 5) is 4.53. The van der Waals surface area contributed by atoms with Gasteiger partial charge >= 0.3 is 0 Å². The lowest BCUT2D eigenvalue weighted by Crippen LogP contribution is -2.23. The van der Waals surface area contributed by atoms with Crippen LogP contribution in [0.1, 0.15) is 42.5 Å². The molecule has 0 unspecified atom stereocenters. The number of aryl methyl sites for hydroxylation is 1. The Bertz CT molecular complexity index is 598. The van der Waals surface area contributed by atoms with E-state index < -0.39 is 0 Å². The van der Waals surface area contributed by atoms with Crippen LogP contribution in [-0.2, 0) is 13.0 Å². The summed E-state index contributed by atoms with van der Waals surface area (Å²) in [6.07, 6.45) is 1.11. The summed E-state index contributed by atoms with van der Waals surface area (Å²) >= 11 is 0. The largest absolute Gasteiger partial charge is 0.312 e. The van der Waals surface area contributed by atoms with E-state index in [1.54, 1.807) is 0 Å². The zero-order valence-electron chi connectivity index (χ0n) is 11.8. The Morgan fingerprint density at radius 2 is 2.11 bits per heavy atom. The van der Waals surface area contributed by atoms with Gasteiger partial charge < -0.3 is 5.32 Å². The maximum atomic E-state index is 4.54. The number of aromatic nitrogens is 3. The van der Waals surface area contributed by atoms with E-state index in [0.717, 1.165) is 36.8 Å². The van der Waals surface area contributed by atoms with Crippen LogP contribution in [-0.4, -0.2) is 21.3 Å². The molecule has 100 valence electrons. The molecule has 2 heterocycles. The molecule has 0 fully saturated rings. The number of nitrogens with zero attached hydrogens (tertiary/aromatic N) is 3. The van der Waals surface area contributed by atoms with Crippen molar-refractivity contribution in [1.29, 1.82) is 0 Å². The highest BCUT2D eigenvalue weighted by atomic mass is 15.3. The Morgan fingerprint density at radius 1 is 1.26 bits per heavy atom. The Hall–Kier alpha value is -1.68. The minimum absolute atomic E-state index is 0.371. The second-order valence-electron chi connectivity index (χ2n) is 5.46. The van der Waals surface area contributed by atoms with E-state index in [-0.39, 0.29) is 0 Å². The van der Waals surface area contributed by atoms with Crippen LogP contribution in [0.25, 0.3) is 5.69 Å². The molecule has 4 nitrogen and oxygen atoms in total. The molecule has 0 spiro atoms. The van der Waals surface area contributed by atoms with E-state index in [9.17, 15) is 0 Å². The van der Waals surface area contributed by atoms with Crippen molar-refractivity contribution in [2.24, 2.45) is 0 Å². The van der Waals surface area contributed by atoms with Crippen LogP contribution in [0.2, 0.25) is 0 Å². The highest BCUT2D eigenvalue weighted by Crippen LogP contribution is 2.21. The van der Waals surface area contributed by atoms with Gasteiger partial charge in [-0.15, -0.1) is 0 Å². The van der Waals surface area contributed by atoms with Gasteiger partial charge in [-0.1, -0.05) is 19.9 Å². The van der Waals surface area contributed by atoms with E-state index in [1.165, 1.54) is 11.1 Å². The molecule has 0 radical (unpaired) electrons. The van der Waals surface area contributed by atoms with Gasteiger partial charge in [0.15, 0.2) is 0 Å². The lowest BCUT2D eigenvalue weighted by Gasteiger charge is -2.18. The van der Waals surface area contributed by atoms with Gasteiger partial charge in [-0.3, -0.25) is 0 Å². The number of rotatable bonds is 2. The molecule has 0 aliphatic carbocycles. The number of hydrogen-bond acceptors (Lipinski definition) is 3. The standard InChI is InChI=1S/C15H20N4/c1-10(2)15-17-11(3)18-19(15)14-5-4-12-6-7-16-9-13(12)8-14/h4-5,8,10,16H,6-7,9H2,1-3H3. The van der Waals surface area contributed by atoms with E-state index in [0.29, 0.717) is 5.92 Å². The molecular formula is C15H20N4. The summed E-state index contributed by atoms with van der Waals surface area (Å²) in [6.45, 7) is 8.28. The molecule has 0 atom stereocenters.